The molecule has 0 saturated carbocycles. The van der Waals surface area contributed by atoms with Crippen molar-refractivity contribution in [2.24, 2.45) is 0 Å². The second kappa shape index (κ2) is 3.49. The Labute approximate surface area is 85.0 Å². The Morgan fingerprint density at radius 2 is 2.27 bits per heavy atom. The topological polar surface area (TPSA) is 91.8 Å². The first-order chi connectivity index (χ1) is 7.18. The summed E-state index contributed by atoms with van der Waals surface area (Å²) in [6.45, 7) is 1.82. The van der Waals surface area contributed by atoms with E-state index in [4.69, 9.17) is 5.11 Å². The second-order valence-electron chi connectivity index (χ2n) is 3.01. The molecule has 0 fully saturated rings. The summed E-state index contributed by atoms with van der Waals surface area (Å²) < 4.78 is 0. The van der Waals surface area contributed by atoms with Gasteiger partial charge in [0.05, 0.1) is 0 Å². The third kappa shape index (κ3) is 1.69. The van der Waals surface area contributed by atoms with Crippen molar-refractivity contribution in [2.75, 3.05) is 0 Å². The van der Waals surface area contributed by atoms with Gasteiger partial charge in [-0.2, -0.15) is 10.3 Å². The number of hydrogen-bond donors (Lipinski definition) is 2. The van der Waals surface area contributed by atoms with Crippen molar-refractivity contribution in [3.63, 3.8) is 0 Å². The van der Waals surface area contributed by atoms with Crippen LogP contribution in [0.2, 0.25) is 0 Å². The minimum atomic E-state index is -1.10. The van der Waals surface area contributed by atoms with Gasteiger partial charge in [-0.15, -0.1) is 5.10 Å². The minimum absolute atomic E-state index is 0.0828. The van der Waals surface area contributed by atoms with Gasteiger partial charge >= 0.3 is 5.97 Å². The van der Waals surface area contributed by atoms with Gasteiger partial charge in [0, 0.05) is 17.5 Å². The van der Waals surface area contributed by atoms with E-state index in [2.05, 4.69) is 20.4 Å². The van der Waals surface area contributed by atoms with Gasteiger partial charge in [0.15, 0.2) is 5.69 Å². The van der Waals surface area contributed by atoms with Gasteiger partial charge in [0.25, 0.3) is 0 Å². The summed E-state index contributed by atoms with van der Waals surface area (Å²) in [4.78, 5) is 14.8. The molecule has 0 aromatic carbocycles. The molecule has 15 heavy (non-hydrogen) atoms. The van der Waals surface area contributed by atoms with Crippen LogP contribution in [0.4, 0.5) is 0 Å². The molecule has 2 aromatic rings. The smallest absolute Gasteiger partial charge is 0.358 e. The van der Waals surface area contributed by atoms with Crippen LogP contribution in [0.25, 0.3) is 11.3 Å². The highest BCUT2D eigenvalue weighted by Gasteiger charge is 2.16. The zero-order chi connectivity index (χ0) is 10.8. The standard InChI is InChI=1S/C9H8N4O2/c1-5-4-6(2-3-10-5)7-8(9(14)15)12-13-11-7/h2-4H,1H3,(H,14,15)(H,11,12,13). The molecule has 76 valence electrons. The Hall–Kier alpha value is -2.24. The maximum atomic E-state index is 10.8. The summed E-state index contributed by atoms with van der Waals surface area (Å²) in [5.41, 5.74) is 1.73. The van der Waals surface area contributed by atoms with Crippen molar-refractivity contribution in [1.82, 2.24) is 20.4 Å². The number of aromatic nitrogens is 4. The van der Waals surface area contributed by atoms with Crippen molar-refractivity contribution in [2.45, 2.75) is 6.92 Å². The summed E-state index contributed by atoms with van der Waals surface area (Å²) in [5, 5.41) is 18.5. The van der Waals surface area contributed by atoms with Crippen LogP contribution in [0.3, 0.4) is 0 Å². The van der Waals surface area contributed by atoms with E-state index < -0.39 is 5.97 Å². The number of aromatic amines is 1. The first-order valence-electron chi connectivity index (χ1n) is 4.25. The van der Waals surface area contributed by atoms with Crippen molar-refractivity contribution >= 4 is 5.97 Å². The zero-order valence-electron chi connectivity index (χ0n) is 7.93. The number of pyridine rings is 1. The number of aryl methyl sites for hydroxylation is 1. The summed E-state index contributed by atoms with van der Waals surface area (Å²) in [6.07, 6.45) is 1.60. The van der Waals surface area contributed by atoms with Crippen molar-refractivity contribution in [3.05, 3.63) is 29.7 Å². The third-order valence-electron chi connectivity index (χ3n) is 1.92. The number of carboxylic acid groups (broad SMARTS) is 1. The quantitative estimate of drug-likeness (QED) is 0.757. The number of rotatable bonds is 2. The van der Waals surface area contributed by atoms with Crippen LogP contribution in [0.15, 0.2) is 18.3 Å². The number of hydrogen-bond acceptors (Lipinski definition) is 4. The minimum Gasteiger partial charge on any atom is -0.476 e. The molecular formula is C9H8N4O2. The third-order valence-corrected chi connectivity index (χ3v) is 1.92. The molecule has 0 radical (unpaired) electrons. The summed E-state index contributed by atoms with van der Waals surface area (Å²) in [6, 6.07) is 3.45. The van der Waals surface area contributed by atoms with E-state index in [0.717, 1.165) is 5.69 Å². The molecule has 0 bridgehead atoms. The highest BCUT2D eigenvalue weighted by molar-refractivity contribution is 5.92. The lowest BCUT2D eigenvalue weighted by Crippen LogP contribution is -1.99. The molecule has 6 nitrogen and oxygen atoms in total. The predicted octanol–water partition coefficient (Wildman–Crippen LogP) is 0.873. The number of carboxylic acids is 1. The van der Waals surface area contributed by atoms with E-state index in [9.17, 15) is 4.79 Å². The highest BCUT2D eigenvalue weighted by Crippen LogP contribution is 2.19. The number of carbonyl (C=O) groups is 1. The number of nitrogens with one attached hydrogen (secondary N) is 1. The van der Waals surface area contributed by atoms with Crippen LogP contribution in [0.5, 0.6) is 0 Å². The van der Waals surface area contributed by atoms with E-state index in [1.54, 1.807) is 18.3 Å². The maximum Gasteiger partial charge on any atom is 0.358 e. The zero-order valence-corrected chi connectivity index (χ0v) is 7.93. The molecule has 0 atom stereocenters. The Bertz CT molecular complexity index is 506. The van der Waals surface area contributed by atoms with Gasteiger partial charge in [-0.1, -0.05) is 0 Å². The maximum absolute atomic E-state index is 10.8. The Morgan fingerprint density at radius 1 is 1.47 bits per heavy atom. The lowest BCUT2D eigenvalue weighted by atomic mass is 10.1. The summed E-state index contributed by atoms with van der Waals surface area (Å²) in [7, 11) is 0. The largest absolute Gasteiger partial charge is 0.476 e. The molecule has 2 N–H and O–H groups in total. The van der Waals surface area contributed by atoms with E-state index in [0.29, 0.717) is 11.3 Å². The van der Waals surface area contributed by atoms with Crippen molar-refractivity contribution < 1.29 is 9.90 Å². The van der Waals surface area contributed by atoms with E-state index in [-0.39, 0.29) is 5.69 Å². The van der Waals surface area contributed by atoms with Gasteiger partial charge < -0.3 is 5.11 Å². The van der Waals surface area contributed by atoms with Gasteiger partial charge in [-0.25, -0.2) is 4.79 Å². The van der Waals surface area contributed by atoms with Gasteiger partial charge in [-0.05, 0) is 19.1 Å². The van der Waals surface area contributed by atoms with Crippen LogP contribution in [-0.2, 0) is 0 Å². The first-order valence-corrected chi connectivity index (χ1v) is 4.25. The van der Waals surface area contributed by atoms with Gasteiger partial charge in [-0.3, -0.25) is 4.98 Å². The fourth-order valence-electron chi connectivity index (χ4n) is 1.27. The number of aromatic carboxylic acids is 1. The molecule has 0 amide bonds. The normalized spacial score (nSPS) is 10.2. The SMILES string of the molecule is Cc1cc(-c2n[nH]nc2C(=O)O)ccn1. The molecule has 6 heteroatoms. The fraction of sp³-hybridized carbons (Fsp3) is 0.111. The van der Waals surface area contributed by atoms with Gasteiger partial charge in [0.1, 0.15) is 5.69 Å². The van der Waals surface area contributed by atoms with E-state index in [1.807, 2.05) is 6.92 Å². The average molecular weight is 204 g/mol. The molecule has 0 spiro atoms. The van der Waals surface area contributed by atoms with Crippen molar-refractivity contribution in [1.29, 1.82) is 0 Å². The monoisotopic (exact) mass is 204 g/mol. The number of nitrogens with zero attached hydrogens (tertiary/aromatic N) is 3. The van der Waals surface area contributed by atoms with Crippen molar-refractivity contribution in [3.8, 4) is 11.3 Å². The molecule has 0 aliphatic heterocycles. The summed E-state index contributed by atoms with van der Waals surface area (Å²) >= 11 is 0. The molecular weight excluding hydrogens is 196 g/mol. The Morgan fingerprint density at radius 3 is 2.93 bits per heavy atom. The highest BCUT2D eigenvalue weighted by atomic mass is 16.4. The molecule has 0 aliphatic carbocycles. The fourth-order valence-corrected chi connectivity index (χ4v) is 1.27. The lowest BCUT2D eigenvalue weighted by Gasteiger charge is -1.97. The number of H-pyrrole nitrogens is 1. The lowest BCUT2D eigenvalue weighted by molar-refractivity contribution is 0.0691. The average Bonchev–Trinajstić information content (AvgIpc) is 2.65. The molecule has 2 heterocycles. The molecule has 0 unspecified atom stereocenters. The first kappa shape index (κ1) is 9.32. The molecule has 0 saturated heterocycles. The molecule has 2 rings (SSSR count). The van der Waals surface area contributed by atoms with E-state index >= 15 is 0 Å². The molecule has 2 aromatic heterocycles. The van der Waals surface area contributed by atoms with Crippen LogP contribution >= 0.6 is 0 Å². The Kier molecular flexibility index (Phi) is 2.17. The van der Waals surface area contributed by atoms with E-state index in [1.165, 1.54) is 0 Å². The van der Waals surface area contributed by atoms with Gasteiger partial charge in [0.2, 0.25) is 0 Å². The second-order valence-corrected chi connectivity index (χ2v) is 3.01. The molecule has 0 aliphatic rings. The summed E-state index contributed by atoms with van der Waals surface area (Å²) in [5.74, 6) is -1.10. The van der Waals surface area contributed by atoms with Crippen LogP contribution in [-0.4, -0.2) is 31.5 Å². The van der Waals surface area contributed by atoms with Crippen LogP contribution in [0, 0.1) is 6.92 Å². The van der Waals surface area contributed by atoms with Crippen LogP contribution < -0.4 is 0 Å². The van der Waals surface area contributed by atoms with Crippen LogP contribution in [0.1, 0.15) is 16.2 Å². The Balaban J connectivity index is 2.54. The predicted molar refractivity (Wildman–Crippen MR) is 51.3 cm³/mol.